The SMILES string of the molecule is CCOC(=O)c1ccccc1C(=O)OCC.CO.ClCCl. The van der Waals surface area contributed by atoms with Gasteiger partial charge in [0.1, 0.15) is 0 Å². The van der Waals surface area contributed by atoms with E-state index >= 15 is 0 Å². The number of carbonyl (C=O) groups excluding carboxylic acids is 2. The lowest BCUT2D eigenvalue weighted by Gasteiger charge is -2.07. The molecule has 0 fully saturated rings. The Morgan fingerprint density at radius 1 is 0.952 bits per heavy atom. The molecule has 0 bridgehead atoms. The summed E-state index contributed by atoms with van der Waals surface area (Å²) in [6.45, 7) is 3.97. The van der Waals surface area contributed by atoms with E-state index in [-0.39, 0.29) is 29.7 Å². The number of esters is 2. The molecule has 0 saturated carbocycles. The third-order valence-electron chi connectivity index (χ3n) is 1.92. The van der Waals surface area contributed by atoms with E-state index in [9.17, 15) is 9.59 Å². The predicted molar refractivity (Wildman–Crippen MR) is 83.1 cm³/mol. The Bertz CT molecular complexity index is 373. The van der Waals surface area contributed by atoms with Crippen molar-refractivity contribution in [3.63, 3.8) is 0 Å². The normalized spacial score (nSPS) is 8.48. The van der Waals surface area contributed by atoms with Gasteiger partial charge in [-0.05, 0) is 26.0 Å². The van der Waals surface area contributed by atoms with E-state index in [2.05, 4.69) is 0 Å². The van der Waals surface area contributed by atoms with Crippen LogP contribution in [-0.4, -0.2) is 42.7 Å². The zero-order valence-electron chi connectivity index (χ0n) is 12.3. The first-order chi connectivity index (χ1) is 10.1. The molecular formula is C14H20Cl2O5. The summed E-state index contributed by atoms with van der Waals surface area (Å²) in [5.74, 6) is -1.02. The maximum absolute atomic E-state index is 11.5. The van der Waals surface area contributed by atoms with Crippen LogP contribution >= 0.6 is 23.2 Å². The van der Waals surface area contributed by atoms with Gasteiger partial charge in [0.2, 0.25) is 0 Å². The number of ether oxygens (including phenoxy) is 2. The number of hydrogen-bond donors (Lipinski definition) is 1. The second kappa shape index (κ2) is 15.1. The van der Waals surface area contributed by atoms with E-state index in [4.69, 9.17) is 37.8 Å². The van der Waals surface area contributed by atoms with Crippen molar-refractivity contribution < 1.29 is 24.2 Å². The van der Waals surface area contributed by atoms with E-state index in [1.165, 1.54) is 0 Å². The van der Waals surface area contributed by atoms with E-state index in [0.717, 1.165) is 7.11 Å². The topological polar surface area (TPSA) is 72.8 Å². The zero-order chi connectivity index (χ0) is 16.7. The molecule has 0 saturated heterocycles. The van der Waals surface area contributed by atoms with E-state index in [1.807, 2.05) is 0 Å². The van der Waals surface area contributed by atoms with Crippen LogP contribution in [0.3, 0.4) is 0 Å². The fourth-order valence-corrected chi connectivity index (χ4v) is 1.26. The van der Waals surface area contributed by atoms with Gasteiger partial charge < -0.3 is 14.6 Å². The third-order valence-corrected chi connectivity index (χ3v) is 1.92. The lowest BCUT2D eigenvalue weighted by atomic mass is 10.1. The van der Waals surface area contributed by atoms with Crippen LogP contribution in [0.5, 0.6) is 0 Å². The highest BCUT2D eigenvalue weighted by Gasteiger charge is 2.17. The smallest absolute Gasteiger partial charge is 0.338 e. The molecule has 0 unspecified atom stereocenters. The van der Waals surface area contributed by atoms with Crippen LogP contribution in [0.25, 0.3) is 0 Å². The Balaban J connectivity index is 0. The summed E-state index contributed by atoms with van der Waals surface area (Å²) >= 11 is 9.53. The molecule has 0 amide bonds. The van der Waals surface area contributed by atoms with Crippen molar-refractivity contribution in [2.75, 3.05) is 25.7 Å². The van der Waals surface area contributed by atoms with Gasteiger partial charge in [0.05, 0.1) is 29.7 Å². The molecule has 0 aliphatic heterocycles. The van der Waals surface area contributed by atoms with Gasteiger partial charge in [0, 0.05) is 7.11 Å². The minimum Gasteiger partial charge on any atom is -0.462 e. The molecule has 0 aliphatic rings. The average molecular weight is 339 g/mol. The van der Waals surface area contributed by atoms with Crippen LogP contribution in [0.15, 0.2) is 24.3 Å². The van der Waals surface area contributed by atoms with Crippen LogP contribution in [0.1, 0.15) is 34.6 Å². The molecule has 1 aromatic carbocycles. The van der Waals surface area contributed by atoms with Crippen molar-refractivity contribution in [1.29, 1.82) is 0 Å². The number of halogens is 2. The van der Waals surface area contributed by atoms with Crippen LogP contribution in [-0.2, 0) is 9.47 Å². The molecule has 0 atom stereocenters. The molecule has 120 valence electrons. The third kappa shape index (κ3) is 9.28. The highest BCUT2D eigenvalue weighted by Crippen LogP contribution is 2.11. The minimum atomic E-state index is -0.508. The number of rotatable bonds is 4. The molecule has 7 heteroatoms. The molecule has 1 N–H and O–H groups in total. The van der Waals surface area contributed by atoms with Gasteiger partial charge in [0.25, 0.3) is 0 Å². The first-order valence-corrected chi connectivity index (χ1v) is 7.19. The first-order valence-electron chi connectivity index (χ1n) is 6.12. The Hall–Kier alpha value is -1.30. The van der Waals surface area contributed by atoms with Gasteiger partial charge in [-0.25, -0.2) is 9.59 Å². The van der Waals surface area contributed by atoms with Crippen molar-refractivity contribution in [3.05, 3.63) is 35.4 Å². The van der Waals surface area contributed by atoms with Crippen LogP contribution in [0, 0.1) is 0 Å². The number of carbonyl (C=O) groups is 2. The predicted octanol–water partition coefficient (Wildman–Crippen LogP) is 3.07. The molecule has 1 rings (SSSR count). The summed E-state index contributed by atoms with van der Waals surface area (Å²) in [4.78, 5) is 23.1. The molecule has 0 spiro atoms. The van der Waals surface area contributed by atoms with Crippen molar-refractivity contribution in [1.82, 2.24) is 0 Å². The molecule has 5 nitrogen and oxygen atoms in total. The molecule has 0 aliphatic carbocycles. The van der Waals surface area contributed by atoms with Crippen LogP contribution in [0.2, 0.25) is 0 Å². The van der Waals surface area contributed by atoms with E-state index in [0.29, 0.717) is 0 Å². The van der Waals surface area contributed by atoms with Crippen molar-refractivity contribution in [3.8, 4) is 0 Å². The van der Waals surface area contributed by atoms with Gasteiger partial charge in [-0.3, -0.25) is 0 Å². The lowest BCUT2D eigenvalue weighted by molar-refractivity contribution is 0.0479. The summed E-state index contributed by atoms with van der Waals surface area (Å²) in [6.07, 6.45) is 0. The van der Waals surface area contributed by atoms with Crippen LogP contribution in [0.4, 0.5) is 0 Å². The van der Waals surface area contributed by atoms with Crippen LogP contribution < -0.4 is 0 Å². The van der Waals surface area contributed by atoms with Gasteiger partial charge in [-0.2, -0.15) is 0 Å². The second-order valence-corrected chi connectivity index (χ2v) is 3.90. The number of hydrogen-bond acceptors (Lipinski definition) is 5. The van der Waals surface area contributed by atoms with Crippen molar-refractivity contribution in [2.45, 2.75) is 13.8 Å². The minimum absolute atomic E-state index is 0.194. The second-order valence-electron chi connectivity index (χ2n) is 3.09. The number of benzene rings is 1. The Labute approximate surface area is 134 Å². The monoisotopic (exact) mass is 338 g/mol. The first kappa shape index (κ1) is 22.0. The van der Waals surface area contributed by atoms with Gasteiger partial charge in [-0.1, -0.05) is 12.1 Å². The molecule has 0 radical (unpaired) electrons. The van der Waals surface area contributed by atoms with Gasteiger partial charge in [-0.15, -0.1) is 23.2 Å². The molecule has 1 aromatic rings. The molecule has 0 aromatic heterocycles. The summed E-state index contributed by atoms with van der Waals surface area (Å²) in [7, 11) is 1.00. The standard InChI is InChI=1S/C12H14O4.CH2Cl2.CH4O/c1-3-15-11(13)9-7-5-6-8-10(9)12(14)16-4-2;2-1-3;1-2/h5-8H,3-4H2,1-2H3;1H2;2H,1H3. The highest BCUT2D eigenvalue weighted by atomic mass is 35.5. The Morgan fingerprint density at radius 3 is 1.48 bits per heavy atom. The summed E-state index contributed by atoms with van der Waals surface area (Å²) in [6, 6.07) is 6.44. The maximum atomic E-state index is 11.5. The Morgan fingerprint density at radius 2 is 1.24 bits per heavy atom. The fraction of sp³-hybridized carbons (Fsp3) is 0.429. The van der Waals surface area contributed by atoms with E-state index < -0.39 is 11.9 Å². The van der Waals surface area contributed by atoms with Gasteiger partial charge >= 0.3 is 11.9 Å². The highest BCUT2D eigenvalue weighted by molar-refractivity contribution is 6.40. The van der Waals surface area contributed by atoms with E-state index in [1.54, 1.807) is 38.1 Å². The summed E-state index contributed by atoms with van der Waals surface area (Å²) in [5, 5.41) is 7.19. The average Bonchev–Trinajstić information content (AvgIpc) is 2.50. The largest absolute Gasteiger partial charge is 0.462 e. The number of alkyl halides is 2. The number of aliphatic hydroxyl groups excluding tert-OH is 1. The molecule has 0 heterocycles. The van der Waals surface area contributed by atoms with Gasteiger partial charge in [0.15, 0.2) is 0 Å². The molecule has 21 heavy (non-hydrogen) atoms. The molecular weight excluding hydrogens is 319 g/mol. The number of aliphatic hydroxyl groups is 1. The van der Waals surface area contributed by atoms with Crippen molar-refractivity contribution >= 4 is 35.1 Å². The van der Waals surface area contributed by atoms with Crippen molar-refractivity contribution in [2.24, 2.45) is 0 Å². The lowest BCUT2D eigenvalue weighted by Crippen LogP contribution is -2.13. The quantitative estimate of drug-likeness (QED) is 0.674. The maximum Gasteiger partial charge on any atom is 0.338 e. The Kier molecular flexibility index (Phi) is 15.8. The summed E-state index contributed by atoms with van der Waals surface area (Å²) < 4.78 is 9.70. The fourth-order valence-electron chi connectivity index (χ4n) is 1.26. The summed E-state index contributed by atoms with van der Waals surface area (Å²) in [5.41, 5.74) is 0.477. The zero-order valence-corrected chi connectivity index (χ0v) is 13.8.